The van der Waals surface area contributed by atoms with Gasteiger partial charge < -0.3 is 12.5 Å². The number of aliphatic hydroxyl groups is 1. The molecule has 0 atom stereocenters. The van der Waals surface area contributed by atoms with E-state index in [1.807, 2.05) is 30.3 Å². The molecule has 0 aliphatic heterocycles. The van der Waals surface area contributed by atoms with E-state index in [0.717, 1.165) is 10.8 Å². The number of rotatable bonds is 5. The van der Waals surface area contributed by atoms with Crippen molar-refractivity contribution < 1.29 is 38.7 Å². The van der Waals surface area contributed by atoms with E-state index in [4.69, 9.17) is 5.11 Å². The molecule has 5 aromatic carbocycles. The maximum absolute atomic E-state index is 12.2. The van der Waals surface area contributed by atoms with Gasteiger partial charge in [-0.05, 0) is 42.2 Å². The first-order chi connectivity index (χ1) is 18.8. The Labute approximate surface area is 254 Å². The minimum Gasteiger partial charge on any atom is -0.504 e. The molecule has 0 fully saturated rings. The quantitative estimate of drug-likeness (QED) is 0.0659. The summed E-state index contributed by atoms with van der Waals surface area (Å²) in [6.45, 7) is 1.41. The van der Waals surface area contributed by atoms with Crippen LogP contribution in [0.25, 0.3) is 10.8 Å². The van der Waals surface area contributed by atoms with Gasteiger partial charge in [0, 0.05) is 37.6 Å². The maximum Gasteiger partial charge on any atom is 0.448 e. The van der Waals surface area contributed by atoms with Crippen LogP contribution in [0.4, 0.5) is 18.9 Å². The molecule has 0 amide bonds. The average Bonchev–Trinajstić information content (AvgIpc) is 2.95. The number of allylic oxidation sites excluding steroid dienone is 2. The first-order valence-electron chi connectivity index (χ1n) is 12.3. The molecule has 0 saturated heterocycles. The molecule has 7 heteroatoms. The van der Waals surface area contributed by atoms with Crippen molar-refractivity contribution >= 4 is 46.0 Å². The van der Waals surface area contributed by atoms with Crippen molar-refractivity contribution in [1.29, 1.82) is 0 Å². The van der Waals surface area contributed by atoms with E-state index in [0.29, 0.717) is 11.8 Å². The van der Waals surface area contributed by atoms with Crippen LogP contribution in [0.15, 0.2) is 150 Å². The van der Waals surface area contributed by atoms with Crippen molar-refractivity contribution in [3.05, 3.63) is 153 Å². The summed E-state index contributed by atoms with van der Waals surface area (Å²) in [7, 11) is -0.446. The number of alkyl halides is 3. The minimum absolute atomic E-state index is 0. The van der Waals surface area contributed by atoms with Gasteiger partial charge in [-0.15, -0.1) is 0 Å². The Morgan fingerprint density at radius 2 is 1.07 bits per heavy atom. The summed E-state index contributed by atoms with van der Waals surface area (Å²) in [5.74, 6) is -1.65. The number of hydrogen-bond acceptors (Lipinski definition) is 2. The third-order valence-electron chi connectivity index (χ3n) is 5.74. The van der Waals surface area contributed by atoms with E-state index in [1.165, 1.54) is 22.8 Å². The Balaban J connectivity index is 0.000000274. The number of benzene rings is 5. The van der Waals surface area contributed by atoms with Gasteiger partial charge in [-0.3, -0.25) is 4.99 Å². The molecule has 0 unspecified atom stereocenters. The molecular weight excluding hydrogens is 633 g/mol. The summed E-state index contributed by atoms with van der Waals surface area (Å²) < 4.78 is 36.7. The second-order valence-electron chi connectivity index (χ2n) is 8.62. The fourth-order valence-electron chi connectivity index (χ4n) is 3.99. The molecule has 41 heavy (non-hydrogen) atoms. The molecule has 0 bridgehead atoms. The zero-order valence-electron chi connectivity index (χ0n) is 22.6. The maximum atomic E-state index is 12.2. The van der Waals surface area contributed by atoms with E-state index >= 15 is 0 Å². The summed E-state index contributed by atoms with van der Waals surface area (Å²) in [4.78, 5) is 4.12. The SMILES string of the molecule is CC(/C=C(\O)C(F)(F)F)=Nc1cccc2ccccc12.[CH3-].[Pd].c1ccc(P(c2ccccc2)c2ccccc2)cc1. The van der Waals surface area contributed by atoms with Crippen LogP contribution in [0.2, 0.25) is 0 Å². The van der Waals surface area contributed by atoms with E-state index in [1.54, 1.807) is 12.1 Å². The van der Waals surface area contributed by atoms with Crippen molar-refractivity contribution in [1.82, 2.24) is 0 Å². The Morgan fingerprint density at radius 3 is 1.54 bits per heavy atom. The fourth-order valence-corrected chi connectivity index (χ4v) is 6.29. The van der Waals surface area contributed by atoms with E-state index < -0.39 is 19.9 Å². The van der Waals surface area contributed by atoms with Gasteiger partial charge in [0.1, 0.15) is 0 Å². The Kier molecular flexibility index (Phi) is 13.2. The molecule has 2 nitrogen and oxygen atoms in total. The third kappa shape index (κ3) is 9.51. The summed E-state index contributed by atoms with van der Waals surface area (Å²) in [5.41, 5.74) is 0.642. The zero-order chi connectivity index (χ0) is 27.7. The Hall–Kier alpha value is -3.55. The average molecular weight is 663 g/mol. The Bertz CT molecular complexity index is 1460. The fraction of sp³-hybridized carbons (Fsp3) is 0.0588. The largest absolute Gasteiger partial charge is 0.504 e. The van der Waals surface area contributed by atoms with Crippen LogP contribution < -0.4 is 15.9 Å². The molecule has 0 aromatic heterocycles. The molecule has 5 aromatic rings. The van der Waals surface area contributed by atoms with Crippen LogP contribution >= 0.6 is 7.92 Å². The number of aliphatic hydroxyl groups excluding tert-OH is 1. The van der Waals surface area contributed by atoms with E-state index in [-0.39, 0.29) is 33.6 Å². The van der Waals surface area contributed by atoms with Gasteiger partial charge in [-0.1, -0.05) is 127 Å². The monoisotopic (exact) mass is 662 g/mol. The predicted molar refractivity (Wildman–Crippen MR) is 165 cm³/mol. The number of fused-ring (bicyclic) bond motifs is 1. The van der Waals surface area contributed by atoms with E-state index in [9.17, 15) is 13.2 Å². The molecule has 0 aliphatic carbocycles. The van der Waals surface area contributed by atoms with Crippen LogP contribution in [-0.4, -0.2) is 17.0 Å². The van der Waals surface area contributed by atoms with Crippen LogP contribution in [0.5, 0.6) is 0 Å². The topological polar surface area (TPSA) is 32.6 Å². The predicted octanol–water partition coefficient (Wildman–Crippen LogP) is 8.83. The summed E-state index contributed by atoms with van der Waals surface area (Å²) in [5, 5.41) is 14.9. The standard InChI is InChI=1S/C18H15P.C15H12F3NO.CH3.Pd/c1-4-10-16(11-5-1)19(17-12-6-2-7-13-17)18-14-8-3-9-15-18;1-10(9-14(20)15(16,17)18)19-13-8-4-6-11-5-2-3-7-12(11)13;;/h1-15H;2-9,20H,1H3;1H3;/q;;-1;/b;14-9-,19-10?;;. The first-order valence-corrected chi connectivity index (χ1v) is 13.6. The van der Waals surface area contributed by atoms with Crippen molar-refractivity contribution in [2.75, 3.05) is 0 Å². The van der Waals surface area contributed by atoms with Crippen LogP contribution in [0.3, 0.4) is 0 Å². The van der Waals surface area contributed by atoms with Crippen molar-refractivity contribution in [3.8, 4) is 0 Å². The summed E-state index contributed by atoms with van der Waals surface area (Å²) in [6.07, 6.45) is -4.14. The normalized spacial score (nSPS) is 11.6. The van der Waals surface area contributed by atoms with Crippen LogP contribution in [0.1, 0.15) is 6.92 Å². The second kappa shape index (κ2) is 16.0. The minimum atomic E-state index is -4.75. The van der Waals surface area contributed by atoms with Gasteiger partial charge in [0.15, 0.2) is 5.76 Å². The third-order valence-corrected chi connectivity index (χ3v) is 8.19. The molecule has 214 valence electrons. The smallest absolute Gasteiger partial charge is 0.448 e. The Morgan fingerprint density at radius 1 is 0.659 bits per heavy atom. The molecule has 1 N–H and O–H groups in total. The summed E-state index contributed by atoms with van der Waals surface area (Å²) in [6, 6.07) is 45.2. The first kappa shape index (κ1) is 33.7. The zero-order valence-corrected chi connectivity index (χ0v) is 25.0. The van der Waals surface area contributed by atoms with Crippen molar-refractivity contribution in [3.63, 3.8) is 0 Å². The van der Waals surface area contributed by atoms with Gasteiger partial charge in [0.25, 0.3) is 0 Å². The molecule has 0 spiro atoms. The molecular formula is C34H30F3NOPPd-. The second-order valence-corrected chi connectivity index (χ2v) is 10.8. The van der Waals surface area contributed by atoms with Gasteiger partial charge in [0.05, 0.1) is 5.69 Å². The molecule has 5 rings (SSSR count). The van der Waals surface area contributed by atoms with Crippen LogP contribution in [0, 0.1) is 7.43 Å². The van der Waals surface area contributed by atoms with Gasteiger partial charge in [-0.25, -0.2) is 0 Å². The van der Waals surface area contributed by atoms with Gasteiger partial charge in [-0.2, -0.15) is 13.2 Å². The molecule has 0 heterocycles. The molecule has 0 radical (unpaired) electrons. The van der Waals surface area contributed by atoms with Crippen LogP contribution in [-0.2, 0) is 20.4 Å². The molecule has 0 aliphatic rings. The van der Waals surface area contributed by atoms with Crippen molar-refractivity contribution in [2.24, 2.45) is 4.99 Å². The number of hydrogen-bond donors (Lipinski definition) is 1. The molecule has 0 saturated carbocycles. The number of halogens is 3. The van der Waals surface area contributed by atoms with Crippen molar-refractivity contribution in [2.45, 2.75) is 13.1 Å². The van der Waals surface area contributed by atoms with Gasteiger partial charge >= 0.3 is 6.18 Å². The van der Waals surface area contributed by atoms with E-state index in [2.05, 4.69) is 96.0 Å². The number of nitrogens with zero attached hydrogens (tertiary/aromatic N) is 1. The summed E-state index contributed by atoms with van der Waals surface area (Å²) >= 11 is 0. The van der Waals surface area contributed by atoms with Gasteiger partial charge in [0.2, 0.25) is 0 Å². The number of aliphatic imine (C=N–C) groups is 1.